The Kier molecular flexibility index (Phi) is 5.01. The molecule has 0 radical (unpaired) electrons. The molecule has 3 heterocycles. The number of fused-ring (bicyclic) bond motifs is 1. The van der Waals surface area contributed by atoms with Gasteiger partial charge in [0.2, 0.25) is 12.5 Å². The lowest BCUT2D eigenvalue weighted by atomic mass is 10.1. The van der Waals surface area contributed by atoms with Crippen molar-refractivity contribution in [2.24, 2.45) is 5.16 Å². The van der Waals surface area contributed by atoms with Crippen molar-refractivity contribution in [1.82, 2.24) is 20.2 Å². The van der Waals surface area contributed by atoms with Gasteiger partial charge in [0, 0.05) is 6.20 Å². The zero-order valence-corrected chi connectivity index (χ0v) is 15.2. The van der Waals surface area contributed by atoms with Crippen LogP contribution in [0.15, 0.2) is 58.0 Å². The van der Waals surface area contributed by atoms with Crippen LogP contribution in [0.3, 0.4) is 0 Å². The summed E-state index contributed by atoms with van der Waals surface area (Å²) in [6, 6.07) is 9.34. The largest absolute Gasteiger partial charge is 0.474 e. The van der Waals surface area contributed by atoms with Crippen molar-refractivity contribution in [1.29, 1.82) is 0 Å². The van der Waals surface area contributed by atoms with Gasteiger partial charge in [-0.05, 0) is 42.8 Å². The van der Waals surface area contributed by atoms with Crippen LogP contribution in [-0.4, -0.2) is 33.0 Å². The lowest BCUT2D eigenvalue weighted by Crippen LogP contribution is -2.12. The maximum Gasteiger partial charge on any atom is 0.263 e. The number of thiazole rings is 1. The summed E-state index contributed by atoms with van der Waals surface area (Å²) in [6.45, 7) is 2.37. The molecular formula is C18H15N5O3S. The van der Waals surface area contributed by atoms with Crippen molar-refractivity contribution in [3.63, 3.8) is 0 Å². The fraction of sp³-hybridized carbons (Fsp3) is 0.167. The zero-order chi connectivity index (χ0) is 18.5. The maximum absolute atomic E-state index is 6.15. The second-order valence-electron chi connectivity index (χ2n) is 5.42. The van der Waals surface area contributed by atoms with Crippen molar-refractivity contribution < 1.29 is 14.0 Å². The molecule has 0 spiro atoms. The predicted molar refractivity (Wildman–Crippen MR) is 99.8 cm³/mol. The number of rotatable bonds is 7. The highest BCUT2D eigenvalue weighted by Gasteiger charge is 2.23. The molecule has 1 aromatic carbocycles. The molecule has 1 unspecified atom stereocenters. The highest BCUT2D eigenvalue weighted by Crippen LogP contribution is 2.29. The van der Waals surface area contributed by atoms with Crippen molar-refractivity contribution in [3.8, 4) is 5.75 Å². The average molecular weight is 381 g/mol. The van der Waals surface area contributed by atoms with E-state index in [4.69, 9.17) is 14.0 Å². The molecule has 0 aliphatic rings. The van der Waals surface area contributed by atoms with E-state index in [-0.39, 0.29) is 0 Å². The van der Waals surface area contributed by atoms with Crippen LogP contribution in [0.4, 0.5) is 0 Å². The van der Waals surface area contributed by atoms with E-state index in [2.05, 4.69) is 25.3 Å². The number of hydrogen-bond donors (Lipinski definition) is 0. The molecule has 0 aliphatic heterocycles. The molecule has 1 atom stereocenters. The van der Waals surface area contributed by atoms with Crippen LogP contribution >= 0.6 is 11.3 Å². The van der Waals surface area contributed by atoms with Crippen LogP contribution in [0, 0.1) is 0 Å². The molecule has 0 fully saturated rings. The summed E-state index contributed by atoms with van der Waals surface area (Å²) < 4.78 is 12.6. The van der Waals surface area contributed by atoms with Gasteiger partial charge in [0.25, 0.3) is 5.89 Å². The monoisotopic (exact) mass is 381 g/mol. The van der Waals surface area contributed by atoms with Crippen molar-refractivity contribution in [2.75, 3.05) is 6.61 Å². The van der Waals surface area contributed by atoms with Gasteiger partial charge < -0.3 is 14.0 Å². The third-order valence-electron chi connectivity index (χ3n) is 3.64. The van der Waals surface area contributed by atoms with Gasteiger partial charge in [-0.25, -0.2) is 4.98 Å². The van der Waals surface area contributed by atoms with Gasteiger partial charge in [-0.1, -0.05) is 5.16 Å². The predicted octanol–water partition coefficient (Wildman–Crippen LogP) is 3.61. The van der Waals surface area contributed by atoms with Gasteiger partial charge in [0.15, 0.2) is 0 Å². The summed E-state index contributed by atoms with van der Waals surface area (Å²) in [4.78, 5) is 13.7. The minimum Gasteiger partial charge on any atom is -0.474 e. The number of benzene rings is 1. The molecule has 4 aromatic rings. The molecule has 0 saturated carbocycles. The standard InChI is InChI=1S/C18H15N5O3S/c1-2-25-22-9-12-5-6-19-15(7-12)17(18-23-21-10-24-18)26-13-3-4-14-16(8-13)27-11-20-14/h3-11,17H,2H2,1H3/b22-9+. The Morgan fingerprint density at radius 3 is 3.07 bits per heavy atom. The van der Waals surface area contributed by atoms with Gasteiger partial charge in [0.05, 0.1) is 27.6 Å². The first-order valence-electron chi connectivity index (χ1n) is 8.20. The molecule has 0 amide bonds. The average Bonchev–Trinajstić information content (AvgIpc) is 3.38. The zero-order valence-electron chi connectivity index (χ0n) is 14.3. The molecule has 4 rings (SSSR count). The minimum atomic E-state index is -0.654. The van der Waals surface area contributed by atoms with E-state index in [0.717, 1.165) is 15.8 Å². The lowest BCUT2D eigenvalue weighted by Gasteiger charge is -2.15. The Bertz CT molecular complexity index is 1050. The highest BCUT2D eigenvalue weighted by atomic mass is 32.1. The Morgan fingerprint density at radius 2 is 2.22 bits per heavy atom. The van der Waals surface area contributed by atoms with Crippen molar-refractivity contribution in [2.45, 2.75) is 13.0 Å². The van der Waals surface area contributed by atoms with Crippen LogP contribution < -0.4 is 4.74 Å². The van der Waals surface area contributed by atoms with E-state index in [1.165, 1.54) is 6.39 Å². The number of hydrogen-bond acceptors (Lipinski definition) is 9. The summed E-state index contributed by atoms with van der Waals surface area (Å²) in [5.41, 5.74) is 4.16. The minimum absolute atomic E-state index is 0.311. The molecule has 0 aliphatic carbocycles. The second kappa shape index (κ2) is 7.92. The maximum atomic E-state index is 6.15. The molecule has 0 N–H and O–H groups in total. The molecule has 0 saturated heterocycles. The quantitative estimate of drug-likeness (QED) is 0.356. The van der Waals surface area contributed by atoms with Crippen LogP contribution in [0.2, 0.25) is 0 Å². The molecular weight excluding hydrogens is 366 g/mol. The topological polar surface area (TPSA) is 95.5 Å². The third kappa shape index (κ3) is 3.93. The van der Waals surface area contributed by atoms with E-state index < -0.39 is 6.10 Å². The van der Waals surface area contributed by atoms with E-state index >= 15 is 0 Å². The SMILES string of the molecule is CCO/N=C/c1ccnc(C(Oc2ccc3ncsc3c2)c2nnco2)c1. The van der Waals surface area contributed by atoms with Crippen LogP contribution in [0.25, 0.3) is 10.2 Å². The molecule has 136 valence electrons. The summed E-state index contributed by atoms with van der Waals surface area (Å²) in [7, 11) is 0. The number of oxime groups is 1. The van der Waals surface area contributed by atoms with Crippen LogP contribution in [0.5, 0.6) is 5.75 Å². The summed E-state index contributed by atoms with van der Waals surface area (Å²) >= 11 is 1.55. The Balaban J connectivity index is 1.66. The van der Waals surface area contributed by atoms with E-state index in [0.29, 0.717) is 23.9 Å². The molecule has 3 aromatic heterocycles. The number of pyridine rings is 1. The van der Waals surface area contributed by atoms with Gasteiger partial charge >= 0.3 is 0 Å². The van der Waals surface area contributed by atoms with Gasteiger partial charge in [0.1, 0.15) is 12.4 Å². The van der Waals surface area contributed by atoms with E-state index in [1.807, 2.05) is 37.3 Å². The number of ether oxygens (including phenoxy) is 1. The van der Waals surface area contributed by atoms with Gasteiger partial charge in [-0.15, -0.1) is 21.5 Å². The molecule has 0 bridgehead atoms. The Labute approximate surface area is 158 Å². The summed E-state index contributed by atoms with van der Waals surface area (Å²) in [6.07, 6.45) is 3.89. The molecule has 8 nitrogen and oxygen atoms in total. The number of nitrogens with zero attached hydrogens (tertiary/aromatic N) is 5. The van der Waals surface area contributed by atoms with Crippen LogP contribution in [0.1, 0.15) is 30.2 Å². The first-order valence-corrected chi connectivity index (χ1v) is 9.08. The first kappa shape index (κ1) is 17.1. The fourth-order valence-electron chi connectivity index (χ4n) is 2.44. The highest BCUT2D eigenvalue weighted by molar-refractivity contribution is 7.16. The van der Waals surface area contributed by atoms with E-state index in [1.54, 1.807) is 29.3 Å². The first-order chi connectivity index (χ1) is 13.3. The smallest absolute Gasteiger partial charge is 0.263 e. The Morgan fingerprint density at radius 1 is 1.26 bits per heavy atom. The second-order valence-corrected chi connectivity index (χ2v) is 6.31. The fourth-order valence-corrected chi connectivity index (χ4v) is 3.15. The lowest BCUT2D eigenvalue weighted by molar-refractivity contribution is 0.160. The van der Waals surface area contributed by atoms with Gasteiger partial charge in [-0.2, -0.15) is 0 Å². The number of aromatic nitrogens is 4. The van der Waals surface area contributed by atoms with Crippen molar-refractivity contribution >= 4 is 27.8 Å². The van der Waals surface area contributed by atoms with Crippen molar-refractivity contribution in [3.05, 3.63) is 65.6 Å². The van der Waals surface area contributed by atoms with Crippen LogP contribution in [-0.2, 0) is 4.84 Å². The Hall–Kier alpha value is -3.33. The summed E-state index contributed by atoms with van der Waals surface area (Å²) in [5.74, 6) is 0.968. The molecule has 9 heteroatoms. The normalized spacial score (nSPS) is 12.5. The molecule has 27 heavy (non-hydrogen) atoms. The van der Waals surface area contributed by atoms with E-state index in [9.17, 15) is 0 Å². The third-order valence-corrected chi connectivity index (χ3v) is 4.43. The summed E-state index contributed by atoms with van der Waals surface area (Å²) in [5, 5.41) is 11.6. The van der Waals surface area contributed by atoms with Gasteiger partial charge in [-0.3, -0.25) is 4.98 Å².